The molecule has 11 heteroatoms. The van der Waals surface area contributed by atoms with Gasteiger partial charge in [-0.05, 0) is 49.9 Å². The second kappa shape index (κ2) is 11.2. The summed E-state index contributed by atoms with van der Waals surface area (Å²) in [5.74, 6) is 0.861. The predicted molar refractivity (Wildman–Crippen MR) is 125 cm³/mol. The normalized spacial score (nSPS) is 16.7. The number of benzene rings is 1. The molecule has 34 heavy (non-hydrogen) atoms. The number of nitrogens with one attached hydrogen (secondary N) is 4. The van der Waals surface area contributed by atoms with Crippen LogP contribution in [0.2, 0.25) is 0 Å². The molecule has 0 radical (unpaired) electrons. The highest BCUT2D eigenvalue weighted by Gasteiger charge is 2.39. The number of halogens is 4. The van der Waals surface area contributed by atoms with Crippen LogP contribution in [0.1, 0.15) is 18.0 Å². The summed E-state index contributed by atoms with van der Waals surface area (Å²) in [6, 6.07) is 9.22. The molecule has 0 spiro atoms. The van der Waals surface area contributed by atoms with Gasteiger partial charge < -0.3 is 26.1 Å². The van der Waals surface area contributed by atoms with Crippen LogP contribution in [0.25, 0.3) is 0 Å². The van der Waals surface area contributed by atoms with E-state index in [-0.39, 0.29) is 18.0 Å². The van der Waals surface area contributed by atoms with Crippen molar-refractivity contribution in [1.29, 1.82) is 5.41 Å². The quantitative estimate of drug-likeness (QED) is 0.295. The maximum Gasteiger partial charge on any atom is 0.414 e. The van der Waals surface area contributed by atoms with E-state index in [0.29, 0.717) is 29.4 Å². The molecule has 1 aliphatic rings. The molecule has 3 rings (SSSR count). The average Bonchev–Trinajstić information content (AvgIpc) is 2.79. The van der Waals surface area contributed by atoms with Crippen LogP contribution in [-0.4, -0.2) is 42.4 Å². The molecule has 2 aromatic rings. The number of allylic oxidation sites excluding steroid dienone is 3. The van der Waals surface area contributed by atoms with Gasteiger partial charge in [0, 0.05) is 42.3 Å². The van der Waals surface area contributed by atoms with Gasteiger partial charge in [0.2, 0.25) is 0 Å². The molecule has 2 atom stereocenters. The van der Waals surface area contributed by atoms with Gasteiger partial charge >= 0.3 is 12.2 Å². The predicted octanol–water partition coefficient (Wildman–Crippen LogP) is 5.33. The molecule has 0 fully saturated rings. The summed E-state index contributed by atoms with van der Waals surface area (Å²) in [5.41, 5.74) is 0.240. The minimum atomic E-state index is -4.57. The minimum Gasteiger partial charge on any atom is -0.457 e. The fourth-order valence-corrected chi connectivity index (χ4v) is 3.50. The van der Waals surface area contributed by atoms with Gasteiger partial charge in [-0.2, -0.15) is 13.2 Å². The van der Waals surface area contributed by atoms with Gasteiger partial charge in [-0.15, -0.1) is 11.6 Å². The summed E-state index contributed by atoms with van der Waals surface area (Å²) < 4.78 is 44.9. The lowest BCUT2D eigenvalue weighted by Gasteiger charge is -2.21. The Morgan fingerprint density at radius 1 is 1.26 bits per heavy atom. The number of hydrogen-bond acceptors (Lipinski definition) is 5. The number of amides is 2. The molecule has 180 valence electrons. The molecule has 0 aliphatic heterocycles. The summed E-state index contributed by atoms with van der Waals surface area (Å²) in [6.45, 7) is 0.569. The zero-order valence-corrected chi connectivity index (χ0v) is 18.9. The van der Waals surface area contributed by atoms with E-state index in [1.54, 1.807) is 49.6 Å². The zero-order valence-electron chi connectivity index (χ0n) is 18.1. The number of urea groups is 1. The molecule has 1 aromatic carbocycles. The Morgan fingerprint density at radius 3 is 2.65 bits per heavy atom. The second-order valence-corrected chi connectivity index (χ2v) is 7.94. The molecule has 2 amide bonds. The highest BCUT2D eigenvalue weighted by molar-refractivity contribution is 6.22. The van der Waals surface area contributed by atoms with Crippen molar-refractivity contribution in [3.8, 4) is 11.5 Å². The van der Waals surface area contributed by atoms with Gasteiger partial charge in [0.15, 0.2) is 0 Å². The van der Waals surface area contributed by atoms with Crippen molar-refractivity contribution < 1.29 is 22.7 Å². The third kappa shape index (κ3) is 6.82. The molecule has 0 saturated carbocycles. The number of pyridine rings is 1. The summed E-state index contributed by atoms with van der Waals surface area (Å²) >= 11 is 5.73. The summed E-state index contributed by atoms with van der Waals surface area (Å²) in [6.07, 6.45) is 0.573. The van der Waals surface area contributed by atoms with Crippen molar-refractivity contribution >= 4 is 29.5 Å². The van der Waals surface area contributed by atoms with Gasteiger partial charge in [0.1, 0.15) is 11.5 Å². The molecule has 1 aliphatic carbocycles. The van der Waals surface area contributed by atoms with Crippen LogP contribution in [-0.2, 0) is 0 Å². The highest BCUT2D eigenvalue weighted by atomic mass is 35.5. The third-order valence-electron chi connectivity index (χ3n) is 4.88. The van der Waals surface area contributed by atoms with E-state index in [1.807, 2.05) is 0 Å². The topological polar surface area (TPSA) is 99.1 Å². The Balaban J connectivity index is 1.60. The van der Waals surface area contributed by atoms with E-state index in [4.69, 9.17) is 21.7 Å². The SMILES string of the molecule is CNCC(C=N)c1cc(Oc2ccc(NC(=O)NC3=CCC(Cl)C(C(F)(F)F)=C3)cc2)ccn1. The van der Waals surface area contributed by atoms with E-state index < -0.39 is 23.2 Å². The molecule has 7 nitrogen and oxygen atoms in total. The molecule has 0 saturated heterocycles. The largest absolute Gasteiger partial charge is 0.457 e. The summed E-state index contributed by atoms with van der Waals surface area (Å²) in [5, 5.41) is 14.3. The third-order valence-corrected chi connectivity index (χ3v) is 5.30. The Kier molecular flexibility index (Phi) is 8.30. The zero-order chi connectivity index (χ0) is 24.7. The maximum absolute atomic E-state index is 13.0. The number of carbonyl (C=O) groups excluding carboxylic acids is 1. The van der Waals surface area contributed by atoms with E-state index >= 15 is 0 Å². The van der Waals surface area contributed by atoms with Crippen LogP contribution in [0.4, 0.5) is 23.7 Å². The van der Waals surface area contributed by atoms with Gasteiger partial charge in [0.05, 0.1) is 16.6 Å². The first-order valence-corrected chi connectivity index (χ1v) is 10.7. The molecule has 4 N–H and O–H groups in total. The first-order valence-electron chi connectivity index (χ1n) is 10.3. The lowest BCUT2D eigenvalue weighted by atomic mass is 10.0. The first-order chi connectivity index (χ1) is 16.2. The van der Waals surface area contributed by atoms with Crippen molar-refractivity contribution in [3.63, 3.8) is 0 Å². The summed E-state index contributed by atoms with van der Waals surface area (Å²) in [4.78, 5) is 16.5. The number of aromatic nitrogens is 1. The number of alkyl halides is 4. The van der Waals surface area contributed by atoms with Gasteiger partial charge in [-0.1, -0.05) is 6.08 Å². The van der Waals surface area contributed by atoms with Crippen LogP contribution < -0.4 is 20.7 Å². The van der Waals surface area contributed by atoms with Crippen molar-refractivity contribution in [3.05, 3.63) is 71.7 Å². The summed E-state index contributed by atoms with van der Waals surface area (Å²) in [7, 11) is 1.80. The standard InChI is InChI=1S/C23H23ClF3N5O2/c1-29-13-14(12-28)21-11-18(8-9-30-21)34-17-5-2-15(3-6-17)31-22(33)32-16-4-7-20(24)19(10-16)23(25,26)27/h2-6,8-12,14,20,28-29H,7,13H2,1H3,(H2,31,32,33). The number of nitrogens with zero attached hydrogens (tertiary/aromatic N) is 1. The number of ether oxygens (including phenoxy) is 1. The highest BCUT2D eigenvalue weighted by Crippen LogP contribution is 2.35. The fraction of sp³-hybridized carbons (Fsp3) is 0.261. The van der Waals surface area contributed by atoms with Crippen molar-refractivity contribution in [1.82, 2.24) is 15.6 Å². The van der Waals surface area contributed by atoms with Crippen molar-refractivity contribution in [2.75, 3.05) is 18.9 Å². The van der Waals surface area contributed by atoms with E-state index in [1.165, 1.54) is 12.3 Å². The van der Waals surface area contributed by atoms with E-state index in [0.717, 1.165) is 6.08 Å². The molecule has 1 heterocycles. The fourth-order valence-electron chi connectivity index (χ4n) is 3.22. The smallest absolute Gasteiger partial charge is 0.414 e. The van der Waals surface area contributed by atoms with Crippen LogP contribution in [0.5, 0.6) is 11.5 Å². The maximum atomic E-state index is 13.0. The Hall–Kier alpha value is -3.37. The van der Waals surface area contributed by atoms with Crippen LogP contribution in [0.3, 0.4) is 0 Å². The molecular weight excluding hydrogens is 471 g/mol. The van der Waals surface area contributed by atoms with Crippen LogP contribution in [0, 0.1) is 5.41 Å². The average molecular weight is 494 g/mol. The van der Waals surface area contributed by atoms with Gasteiger partial charge in [0.25, 0.3) is 0 Å². The van der Waals surface area contributed by atoms with Crippen molar-refractivity contribution in [2.24, 2.45) is 0 Å². The molecule has 2 unspecified atom stereocenters. The van der Waals surface area contributed by atoms with Crippen LogP contribution in [0.15, 0.2) is 66.0 Å². The lowest BCUT2D eigenvalue weighted by Crippen LogP contribution is -2.31. The van der Waals surface area contributed by atoms with E-state index in [9.17, 15) is 18.0 Å². The van der Waals surface area contributed by atoms with E-state index in [2.05, 4.69) is 20.9 Å². The van der Waals surface area contributed by atoms with Gasteiger partial charge in [-0.25, -0.2) is 4.79 Å². The number of anilines is 1. The Bertz CT molecular complexity index is 1090. The van der Waals surface area contributed by atoms with Crippen LogP contribution >= 0.6 is 11.6 Å². The molecule has 0 bridgehead atoms. The first kappa shape index (κ1) is 25.3. The monoisotopic (exact) mass is 493 g/mol. The lowest BCUT2D eigenvalue weighted by molar-refractivity contribution is -0.0937. The Morgan fingerprint density at radius 2 is 2.00 bits per heavy atom. The van der Waals surface area contributed by atoms with Crippen molar-refractivity contribution in [2.45, 2.75) is 23.9 Å². The Labute approximate surface area is 199 Å². The minimum absolute atomic E-state index is 0.0247. The molecular formula is C23H23ClF3N5O2. The number of carbonyl (C=O) groups is 1. The number of hydrogen-bond donors (Lipinski definition) is 4. The number of likely N-dealkylation sites (N-methyl/N-ethyl adjacent to an activating group) is 1. The molecule has 1 aromatic heterocycles. The van der Waals surface area contributed by atoms with Gasteiger partial charge in [-0.3, -0.25) is 4.98 Å². The second-order valence-electron chi connectivity index (χ2n) is 7.41. The number of rotatable bonds is 8.